The van der Waals surface area contributed by atoms with Gasteiger partial charge in [0.25, 0.3) is 0 Å². The summed E-state index contributed by atoms with van der Waals surface area (Å²) < 4.78 is 6.53. The molecule has 2 N–H and O–H groups in total. The van der Waals surface area contributed by atoms with Crippen molar-refractivity contribution in [1.82, 2.24) is 4.98 Å². The van der Waals surface area contributed by atoms with Gasteiger partial charge in [0, 0.05) is 24.8 Å². The molecule has 4 rings (SSSR count). The second-order valence-corrected chi connectivity index (χ2v) is 8.01. The van der Waals surface area contributed by atoms with Crippen LogP contribution in [0.1, 0.15) is 41.6 Å². The van der Waals surface area contributed by atoms with E-state index in [2.05, 4.69) is 11.1 Å². The molecular formula is C24H21ClN2O3. The Bertz CT molecular complexity index is 1090. The normalized spacial score (nSPS) is 23.3. The fourth-order valence-electron chi connectivity index (χ4n) is 4.48. The monoisotopic (exact) mass is 420 g/mol. The summed E-state index contributed by atoms with van der Waals surface area (Å²) in [7, 11) is 0. The Balaban J connectivity index is 2.00. The minimum atomic E-state index is -1.53. The third-order valence-corrected chi connectivity index (χ3v) is 6.03. The van der Waals surface area contributed by atoms with Gasteiger partial charge in [-0.3, -0.25) is 4.98 Å². The third-order valence-electron chi connectivity index (χ3n) is 5.83. The summed E-state index contributed by atoms with van der Waals surface area (Å²) in [6, 6.07) is 20.4. The molecule has 0 saturated heterocycles. The van der Waals surface area contributed by atoms with Crippen molar-refractivity contribution in [3.63, 3.8) is 0 Å². The van der Waals surface area contributed by atoms with Crippen LogP contribution in [0.15, 0.2) is 66.9 Å². The molecule has 1 aliphatic rings. The third kappa shape index (κ3) is 3.05. The molecule has 0 unspecified atom stereocenters. The van der Waals surface area contributed by atoms with Crippen LogP contribution in [0, 0.1) is 11.3 Å². The first-order valence-electron chi connectivity index (χ1n) is 9.68. The van der Waals surface area contributed by atoms with Gasteiger partial charge < -0.3 is 14.9 Å². The SMILES string of the molecule is C[C@@]1(O)c2ncc(Cl)cc2O[C@@]1(c1ccc(C#N)cc1)[C@@H](CCO)c1ccccc1. The van der Waals surface area contributed by atoms with Crippen molar-refractivity contribution < 1.29 is 14.9 Å². The Morgan fingerprint density at radius 1 is 1.17 bits per heavy atom. The van der Waals surface area contributed by atoms with Crippen LogP contribution in [0.2, 0.25) is 5.02 Å². The molecule has 1 aliphatic heterocycles. The summed E-state index contributed by atoms with van der Waals surface area (Å²) in [6.07, 6.45) is 1.83. The van der Waals surface area contributed by atoms with E-state index in [1.54, 1.807) is 37.3 Å². The van der Waals surface area contributed by atoms with Crippen LogP contribution in [0.3, 0.4) is 0 Å². The van der Waals surface area contributed by atoms with Gasteiger partial charge >= 0.3 is 0 Å². The van der Waals surface area contributed by atoms with E-state index in [1.807, 2.05) is 30.3 Å². The van der Waals surface area contributed by atoms with Crippen LogP contribution in [0.25, 0.3) is 0 Å². The van der Waals surface area contributed by atoms with Crippen LogP contribution in [0.4, 0.5) is 0 Å². The van der Waals surface area contributed by atoms with E-state index < -0.39 is 17.1 Å². The molecule has 0 spiro atoms. The summed E-state index contributed by atoms with van der Waals surface area (Å²) in [5.41, 5.74) is -0.334. The molecule has 1 aromatic heterocycles. The van der Waals surface area contributed by atoms with Gasteiger partial charge in [0.05, 0.1) is 16.7 Å². The number of nitrogens with zero attached hydrogens (tertiary/aromatic N) is 2. The molecule has 30 heavy (non-hydrogen) atoms. The molecule has 0 aliphatic carbocycles. The van der Waals surface area contributed by atoms with Crippen LogP contribution < -0.4 is 4.74 Å². The van der Waals surface area contributed by atoms with Gasteiger partial charge in [-0.25, -0.2) is 0 Å². The van der Waals surface area contributed by atoms with Gasteiger partial charge in [-0.1, -0.05) is 54.1 Å². The van der Waals surface area contributed by atoms with Crippen LogP contribution in [-0.4, -0.2) is 21.8 Å². The van der Waals surface area contributed by atoms with E-state index in [4.69, 9.17) is 16.3 Å². The number of fused-ring (bicyclic) bond motifs is 1. The zero-order valence-electron chi connectivity index (χ0n) is 16.4. The van der Waals surface area contributed by atoms with Crippen LogP contribution in [-0.2, 0) is 11.2 Å². The largest absolute Gasteiger partial charge is 0.476 e. The van der Waals surface area contributed by atoms with Gasteiger partial charge in [0.1, 0.15) is 11.4 Å². The number of halogens is 1. The zero-order valence-corrected chi connectivity index (χ0v) is 17.2. The highest BCUT2D eigenvalue weighted by atomic mass is 35.5. The number of aromatic nitrogens is 1. The van der Waals surface area contributed by atoms with E-state index in [0.29, 0.717) is 34.0 Å². The lowest BCUT2D eigenvalue weighted by Gasteiger charge is -2.44. The fourth-order valence-corrected chi connectivity index (χ4v) is 4.62. The van der Waals surface area contributed by atoms with E-state index in [0.717, 1.165) is 5.56 Å². The highest BCUT2D eigenvalue weighted by Crippen LogP contribution is 2.59. The first kappa shape index (κ1) is 20.4. The molecule has 152 valence electrons. The van der Waals surface area contributed by atoms with E-state index >= 15 is 0 Å². The Kier molecular flexibility index (Phi) is 5.25. The predicted octanol–water partition coefficient (Wildman–Crippen LogP) is 4.27. The molecular weight excluding hydrogens is 400 g/mol. The molecule has 2 heterocycles. The molecule has 0 radical (unpaired) electrons. The van der Waals surface area contributed by atoms with Gasteiger partial charge in [-0.15, -0.1) is 0 Å². The van der Waals surface area contributed by atoms with Gasteiger partial charge in [-0.05, 0) is 36.6 Å². The van der Waals surface area contributed by atoms with Gasteiger partial charge in [0.2, 0.25) is 0 Å². The van der Waals surface area contributed by atoms with Crippen LogP contribution >= 0.6 is 11.6 Å². The smallest absolute Gasteiger partial charge is 0.175 e. The summed E-state index contributed by atoms with van der Waals surface area (Å²) in [6.45, 7) is 1.58. The fraction of sp³-hybridized carbons (Fsp3) is 0.250. The minimum Gasteiger partial charge on any atom is -0.476 e. The molecule has 6 heteroatoms. The standard InChI is InChI=1S/C24H21ClN2O3/c1-23(29)22-21(13-19(25)15-27-22)30-24(23,18-9-7-16(14-26)8-10-18)20(11-12-28)17-5-3-2-4-6-17/h2-10,13,15,20,28-29H,11-12H2,1H3/t20-,23+,24-/m0/s1. The Hall–Kier alpha value is -2.91. The first-order chi connectivity index (χ1) is 14.4. The molecule has 3 aromatic rings. The molecule has 2 aromatic carbocycles. The molecule has 0 fully saturated rings. The molecule has 0 bridgehead atoms. The zero-order chi connectivity index (χ0) is 21.4. The molecule has 0 saturated carbocycles. The van der Waals surface area contributed by atoms with E-state index in [1.165, 1.54) is 6.20 Å². The van der Waals surface area contributed by atoms with E-state index in [9.17, 15) is 15.5 Å². The Morgan fingerprint density at radius 2 is 1.87 bits per heavy atom. The highest BCUT2D eigenvalue weighted by molar-refractivity contribution is 6.30. The molecule has 3 atom stereocenters. The summed E-state index contributed by atoms with van der Waals surface area (Å²) in [5, 5.41) is 31.4. The summed E-state index contributed by atoms with van der Waals surface area (Å²) in [5.74, 6) is -0.00431. The van der Waals surface area contributed by atoms with E-state index in [-0.39, 0.29) is 6.61 Å². The van der Waals surface area contributed by atoms with Crippen molar-refractivity contribution in [2.24, 2.45) is 0 Å². The average molecular weight is 421 g/mol. The number of hydrogen-bond donors (Lipinski definition) is 2. The quantitative estimate of drug-likeness (QED) is 0.643. The lowest BCUT2D eigenvalue weighted by Crippen LogP contribution is -2.52. The maximum Gasteiger partial charge on any atom is 0.175 e. The number of benzene rings is 2. The lowest BCUT2D eigenvalue weighted by molar-refractivity contribution is -0.130. The van der Waals surface area contributed by atoms with Gasteiger partial charge in [-0.2, -0.15) is 5.26 Å². The number of nitriles is 1. The van der Waals surface area contributed by atoms with Crippen molar-refractivity contribution in [3.05, 3.63) is 94.3 Å². The summed E-state index contributed by atoms with van der Waals surface area (Å²) >= 11 is 6.15. The number of rotatable bonds is 5. The number of aliphatic hydroxyl groups excluding tert-OH is 1. The molecule has 0 amide bonds. The van der Waals surface area contributed by atoms with Crippen molar-refractivity contribution in [3.8, 4) is 11.8 Å². The summed E-state index contributed by atoms with van der Waals surface area (Å²) in [4.78, 5) is 4.38. The predicted molar refractivity (Wildman–Crippen MR) is 113 cm³/mol. The van der Waals surface area contributed by atoms with Crippen molar-refractivity contribution in [2.45, 2.75) is 30.5 Å². The van der Waals surface area contributed by atoms with Crippen molar-refractivity contribution in [1.29, 1.82) is 5.26 Å². The second kappa shape index (κ2) is 7.73. The van der Waals surface area contributed by atoms with Gasteiger partial charge in [0.15, 0.2) is 11.2 Å². The minimum absolute atomic E-state index is 0.0957. The van der Waals surface area contributed by atoms with Crippen molar-refractivity contribution in [2.75, 3.05) is 6.61 Å². The Morgan fingerprint density at radius 3 is 2.50 bits per heavy atom. The topological polar surface area (TPSA) is 86.4 Å². The number of pyridine rings is 1. The first-order valence-corrected chi connectivity index (χ1v) is 10.1. The maximum atomic E-state index is 11.9. The Labute approximate surface area is 180 Å². The lowest BCUT2D eigenvalue weighted by atomic mass is 9.66. The molecule has 5 nitrogen and oxygen atoms in total. The number of aliphatic hydroxyl groups is 2. The number of ether oxygens (including phenoxy) is 1. The number of hydrogen-bond acceptors (Lipinski definition) is 5. The second-order valence-electron chi connectivity index (χ2n) is 7.57. The van der Waals surface area contributed by atoms with Crippen molar-refractivity contribution >= 4 is 11.6 Å². The average Bonchev–Trinajstić information content (AvgIpc) is 2.99. The maximum absolute atomic E-state index is 11.9. The van der Waals surface area contributed by atoms with Crippen LogP contribution in [0.5, 0.6) is 5.75 Å². The highest BCUT2D eigenvalue weighted by Gasteiger charge is 2.63.